The van der Waals surface area contributed by atoms with E-state index in [1.54, 1.807) is 6.92 Å². The van der Waals surface area contributed by atoms with E-state index < -0.39 is 22.7 Å². The van der Waals surface area contributed by atoms with Gasteiger partial charge in [0, 0.05) is 19.6 Å². The molecule has 0 saturated heterocycles. The van der Waals surface area contributed by atoms with Crippen molar-refractivity contribution in [2.24, 2.45) is 5.92 Å². The van der Waals surface area contributed by atoms with Gasteiger partial charge in [0.1, 0.15) is 0 Å². The Balaban J connectivity index is 0.000000400. The predicted molar refractivity (Wildman–Crippen MR) is 256 cm³/mol. The Morgan fingerprint density at radius 2 is 0.847 bits per heavy atom. The van der Waals surface area contributed by atoms with Gasteiger partial charge in [-0.25, -0.2) is 0 Å². The summed E-state index contributed by atoms with van der Waals surface area (Å²) in [5, 5.41) is 15.3. The summed E-state index contributed by atoms with van der Waals surface area (Å²) < 4.78 is 13.7. The highest BCUT2D eigenvalue weighted by molar-refractivity contribution is 7.00. The first-order valence-corrected chi connectivity index (χ1v) is 24.7. The Hall–Kier alpha value is -3.99. The third-order valence-electron chi connectivity index (χ3n) is 11.1. The number of benzene rings is 4. The van der Waals surface area contributed by atoms with Crippen molar-refractivity contribution in [3.05, 3.63) is 146 Å². The molecule has 0 saturated carbocycles. The van der Waals surface area contributed by atoms with Crippen LogP contribution in [0.2, 0.25) is 10.1 Å². The average Bonchev–Trinajstić information content (AvgIpc) is 3.18. The maximum atomic E-state index is 11.4. The number of hydrogen-bond acceptors (Lipinski definition) is 5. The molecular formula is C52H74O5Si2. The first kappa shape index (κ1) is 51.2. The quantitative estimate of drug-likeness (QED) is 0.0546. The molecule has 4 aromatic carbocycles. The molecule has 1 N–H and O–H groups in total. The first-order chi connectivity index (χ1) is 27.4. The molecule has 0 aromatic heterocycles. The smallest absolute Gasteiger partial charge is 0.261 e. The van der Waals surface area contributed by atoms with Gasteiger partial charge in [-0.3, -0.25) is 9.59 Å². The van der Waals surface area contributed by atoms with E-state index in [2.05, 4.69) is 171 Å². The Morgan fingerprint density at radius 1 is 0.559 bits per heavy atom. The first-order valence-electron chi connectivity index (χ1n) is 20.9. The summed E-state index contributed by atoms with van der Waals surface area (Å²) in [6.45, 7) is 27.9. The van der Waals surface area contributed by atoms with Crippen LogP contribution in [0, 0.1) is 5.92 Å². The molecule has 0 aliphatic rings. The van der Waals surface area contributed by atoms with Crippen molar-refractivity contribution in [2.75, 3.05) is 13.2 Å². The van der Waals surface area contributed by atoms with Gasteiger partial charge in [-0.05, 0) is 93.8 Å². The molecule has 0 aliphatic carbocycles. The Bertz CT molecular complexity index is 1640. The molecule has 0 heterocycles. The lowest BCUT2D eigenvalue weighted by Gasteiger charge is -2.43. The minimum atomic E-state index is -2.52. The second-order valence-corrected chi connectivity index (χ2v) is 26.4. The lowest BCUT2D eigenvalue weighted by Crippen LogP contribution is -2.66. The number of carbonyl (C=O) groups excluding carboxylic acids is 2. The van der Waals surface area contributed by atoms with Crippen LogP contribution in [0.15, 0.2) is 146 Å². The topological polar surface area (TPSA) is 72.8 Å². The zero-order valence-corrected chi connectivity index (χ0v) is 38.9. The van der Waals surface area contributed by atoms with Gasteiger partial charge in [-0.1, -0.05) is 190 Å². The van der Waals surface area contributed by atoms with Crippen LogP contribution in [-0.4, -0.2) is 52.6 Å². The number of aliphatic hydroxyl groups is 1. The molecule has 4 aromatic rings. The fourth-order valence-electron chi connectivity index (χ4n) is 7.92. The highest BCUT2D eigenvalue weighted by Gasteiger charge is 2.51. The molecule has 2 atom stereocenters. The van der Waals surface area contributed by atoms with Crippen LogP contribution in [-0.2, 0) is 18.4 Å². The Labute approximate surface area is 360 Å². The number of allylic oxidation sites excluding steroid dienone is 1. The fraction of sp³-hybridized carbons (Fsp3) is 0.423. The zero-order valence-electron chi connectivity index (χ0n) is 36.9. The maximum Gasteiger partial charge on any atom is 0.261 e. The van der Waals surface area contributed by atoms with Crippen LogP contribution in [0.5, 0.6) is 0 Å². The largest absolute Gasteiger partial charge is 0.407 e. The lowest BCUT2D eigenvalue weighted by atomic mass is 9.96. The van der Waals surface area contributed by atoms with E-state index in [4.69, 9.17) is 8.85 Å². The van der Waals surface area contributed by atoms with Crippen LogP contribution < -0.4 is 20.7 Å². The molecule has 0 radical (unpaired) electrons. The molecule has 0 fully saturated rings. The maximum absolute atomic E-state index is 11.4. The van der Waals surface area contributed by atoms with Crippen LogP contribution in [0.1, 0.15) is 108 Å². The van der Waals surface area contributed by atoms with E-state index in [0.29, 0.717) is 30.9 Å². The fourth-order valence-corrected chi connectivity index (χ4v) is 17.1. The number of rotatable bonds is 20. The molecule has 320 valence electrons. The molecule has 4 rings (SSSR count). The van der Waals surface area contributed by atoms with Crippen LogP contribution in [0.4, 0.5) is 0 Å². The van der Waals surface area contributed by atoms with E-state index in [1.807, 2.05) is 12.1 Å². The Morgan fingerprint density at radius 3 is 1.14 bits per heavy atom. The van der Waals surface area contributed by atoms with Gasteiger partial charge in [-0.15, -0.1) is 0 Å². The third-order valence-corrected chi connectivity index (χ3v) is 21.2. The van der Waals surface area contributed by atoms with E-state index in [0.717, 1.165) is 37.9 Å². The van der Waals surface area contributed by atoms with Gasteiger partial charge >= 0.3 is 0 Å². The summed E-state index contributed by atoms with van der Waals surface area (Å²) in [5.74, 6) is 0.474. The molecule has 0 spiro atoms. The number of ketones is 2. The van der Waals surface area contributed by atoms with Crippen molar-refractivity contribution < 1.29 is 23.5 Å². The van der Waals surface area contributed by atoms with Crippen LogP contribution >= 0.6 is 0 Å². The van der Waals surface area contributed by atoms with Gasteiger partial charge < -0.3 is 14.0 Å². The summed E-state index contributed by atoms with van der Waals surface area (Å²) in [7, 11) is -4.97. The second-order valence-electron chi connectivity index (χ2n) is 17.8. The van der Waals surface area contributed by atoms with Crippen molar-refractivity contribution in [3.8, 4) is 0 Å². The van der Waals surface area contributed by atoms with Crippen LogP contribution in [0.25, 0.3) is 0 Å². The average molecular weight is 835 g/mol. The third kappa shape index (κ3) is 14.0. The highest BCUT2D eigenvalue weighted by Crippen LogP contribution is 2.38. The molecule has 0 amide bonds. The van der Waals surface area contributed by atoms with Crippen molar-refractivity contribution >= 4 is 48.9 Å². The van der Waals surface area contributed by atoms with Gasteiger partial charge in [0.2, 0.25) is 0 Å². The molecule has 7 heteroatoms. The van der Waals surface area contributed by atoms with E-state index in [1.165, 1.54) is 27.7 Å². The zero-order chi connectivity index (χ0) is 43.0. The Kier molecular flexibility index (Phi) is 20.6. The van der Waals surface area contributed by atoms with Crippen molar-refractivity contribution in [1.82, 2.24) is 0 Å². The van der Waals surface area contributed by atoms with Gasteiger partial charge in [0.15, 0.2) is 11.6 Å². The molecule has 59 heavy (non-hydrogen) atoms. The van der Waals surface area contributed by atoms with E-state index in [-0.39, 0.29) is 29.1 Å². The van der Waals surface area contributed by atoms with Crippen LogP contribution in [0.3, 0.4) is 0 Å². The van der Waals surface area contributed by atoms with Crippen molar-refractivity contribution in [3.63, 3.8) is 0 Å². The summed E-state index contributed by atoms with van der Waals surface area (Å²) in [6.07, 6.45) is 3.88. The summed E-state index contributed by atoms with van der Waals surface area (Å²) >= 11 is 0. The summed E-state index contributed by atoms with van der Waals surface area (Å²) in [4.78, 5) is 22.8. The van der Waals surface area contributed by atoms with E-state index >= 15 is 0 Å². The van der Waals surface area contributed by atoms with Gasteiger partial charge in [-0.2, -0.15) is 0 Å². The number of aliphatic hydroxyl groups excluding tert-OH is 1. The predicted octanol–water partition coefficient (Wildman–Crippen LogP) is 10.4. The molecule has 5 nitrogen and oxygen atoms in total. The lowest BCUT2D eigenvalue weighted by molar-refractivity contribution is -0.114. The standard InChI is InChI=1S/C26H36O2Si.C25H34O3Si.CH4/c1-21(20-22(2)23(3)27)14-13-19-28-29(26(4,5)6,24-15-9-7-10-16-24)25-17-11-8-12-18-25;1-20(21(2)26)19-22(27)13-12-18-28-29(25(3,4)5,23-14-8-6-9-15-23)24-16-10-7-11-17-24;/h7-12,15-18,21H,2,13-14,19-20H2,1,3-6H3;6-11,14-17,22,27H,1,12-13,18-19H2,2-5H3;1H4/t21-;22-;/m00./s1. The summed E-state index contributed by atoms with van der Waals surface area (Å²) in [5.41, 5.74) is 1.20. The minimum absolute atomic E-state index is 0. The molecular weight excluding hydrogens is 761 g/mol. The minimum Gasteiger partial charge on any atom is -0.407 e. The number of carbonyl (C=O) groups is 2. The summed E-state index contributed by atoms with van der Waals surface area (Å²) in [6, 6.07) is 42.6. The normalized spacial score (nSPS) is 12.9. The molecule has 0 bridgehead atoms. The molecule has 0 unspecified atom stereocenters. The van der Waals surface area contributed by atoms with Gasteiger partial charge in [0.25, 0.3) is 16.6 Å². The number of hydrogen-bond donors (Lipinski definition) is 1. The molecule has 0 aliphatic heterocycles. The van der Waals surface area contributed by atoms with Crippen molar-refractivity contribution in [2.45, 2.75) is 124 Å². The monoisotopic (exact) mass is 835 g/mol. The van der Waals surface area contributed by atoms with Gasteiger partial charge in [0.05, 0.1) is 6.10 Å². The number of Topliss-reactive ketones (excluding diaryl/α,β-unsaturated/α-hetero) is 2. The highest BCUT2D eigenvalue weighted by atomic mass is 28.4. The van der Waals surface area contributed by atoms with E-state index in [9.17, 15) is 14.7 Å². The van der Waals surface area contributed by atoms with Crippen molar-refractivity contribution in [1.29, 1.82) is 0 Å². The SMILES string of the molecule is C.C=C(C[C@@H](C)CCCO[Si](c1ccccc1)(c1ccccc1)C(C)(C)C)C(C)=O.C=C(C[C@@H](O)CCCO[Si](c1ccccc1)(c1ccccc1)C(C)(C)C)C(C)=O. The second kappa shape index (κ2) is 23.7.